The summed E-state index contributed by atoms with van der Waals surface area (Å²) in [5.74, 6) is -0.950. The summed E-state index contributed by atoms with van der Waals surface area (Å²) in [6, 6.07) is 0. The van der Waals surface area contributed by atoms with Gasteiger partial charge in [-0.2, -0.15) is 0 Å². The Balaban J connectivity index is 3.36. The van der Waals surface area contributed by atoms with E-state index in [-0.39, 0.29) is 18.5 Å². The van der Waals surface area contributed by atoms with E-state index in [0.717, 1.165) is 38.5 Å². The van der Waals surface area contributed by atoms with E-state index in [0.29, 0.717) is 19.3 Å². The smallest absolute Gasteiger partial charge is 0.306 e. The second kappa shape index (κ2) is 27.5. The lowest BCUT2D eigenvalue weighted by molar-refractivity contribution is -0.148. The van der Waals surface area contributed by atoms with Crippen LogP contribution in [0.2, 0.25) is 0 Å². The second-order valence-electron chi connectivity index (χ2n) is 9.66. The molecule has 0 saturated heterocycles. The highest BCUT2D eigenvalue weighted by Crippen LogP contribution is 2.13. The third kappa shape index (κ3) is 28.1. The van der Waals surface area contributed by atoms with Gasteiger partial charge in [-0.15, -0.1) is 0 Å². The summed E-state index contributed by atoms with van der Waals surface area (Å²) in [5.41, 5.74) is 0. The maximum atomic E-state index is 11.8. The third-order valence-corrected chi connectivity index (χ3v) is 6.05. The molecule has 0 fully saturated rings. The van der Waals surface area contributed by atoms with Crippen LogP contribution in [0, 0.1) is 0 Å². The molecule has 0 saturated carbocycles. The molecule has 0 rings (SSSR count). The van der Waals surface area contributed by atoms with Crippen molar-refractivity contribution in [2.45, 2.75) is 142 Å². The van der Waals surface area contributed by atoms with E-state index >= 15 is 0 Å². The van der Waals surface area contributed by atoms with Crippen LogP contribution in [0.3, 0.4) is 0 Å². The molecule has 0 aromatic heterocycles. The molecule has 0 aliphatic heterocycles. The van der Waals surface area contributed by atoms with Crippen LogP contribution in [0.4, 0.5) is 0 Å². The first-order valence-electron chi connectivity index (χ1n) is 14.6. The Kier molecular flexibility index (Phi) is 25.9. The number of aliphatic carboxylic acids is 1. The van der Waals surface area contributed by atoms with Crippen molar-refractivity contribution in [2.75, 3.05) is 0 Å². The van der Waals surface area contributed by atoms with Crippen LogP contribution in [0.5, 0.6) is 0 Å². The van der Waals surface area contributed by atoms with Gasteiger partial charge in [0.05, 0.1) is 6.10 Å². The van der Waals surface area contributed by atoms with Gasteiger partial charge in [0.25, 0.3) is 0 Å². The van der Waals surface area contributed by atoms with Crippen molar-refractivity contribution < 1.29 is 19.4 Å². The molecule has 0 radical (unpaired) electrons. The lowest BCUT2D eigenvalue weighted by Gasteiger charge is -2.12. The zero-order valence-corrected chi connectivity index (χ0v) is 23.3. The molecule has 4 nitrogen and oxygen atoms in total. The minimum Gasteiger partial charge on any atom is -0.481 e. The first kappa shape index (κ1) is 33.9. The van der Waals surface area contributed by atoms with Crippen molar-refractivity contribution in [3.8, 4) is 0 Å². The van der Waals surface area contributed by atoms with E-state index < -0.39 is 5.97 Å². The number of unbranched alkanes of at least 4 members (excludes halogenated alkanes) is 10. The normalized spacial score (nSPS) is 12.9. The highest BCUT2D eigenvalue weighted by molar-refractivity contribution is 5.69. The van der Waals surface area contributed by atoms with Crippen LogP contribution in [-0.4, -0.2) is 23.1 Å². The van der Waals surface area contributed by atoms with Gasteiger partial charge in [0.2, 0.25) is 0 Å². The van der Waals surface area contributed by atoms with Crippen LogP contribution < -0.4 is 0 Å². The van der Waals surface area contributed by atoms with Gasteiger partial charge in [-0.1, -0.05) is 107 Å². The number of esters is 1. The molecular formula is C32H54O4. The number of hydrogen-bond acceptors (Lipinski definition) is 3. The number of carboxylic acids is 1. The SMILES string of the molecule is CC/C=C\C/C=C\C/C=C\C/C=C\CCCCCCCCCCCCC(=O)OC(C)CCCC(=O)O. The largest absolute Gasteiger partial charge is 0.481 e. The first-order valence-corrected chi connectivity index (χ1v) is 14.6. The van der Waals surface area contributed by atoms with E-state index in [9.17, 15) is 9.59 Å². The fourth-order valence-electron chi connectivity index (χ4n) is 3.93. The summed E-state index contributed by atoms with van der Waals surface area (Å²) >= 11 is 0. The van der Waals surface area contributed by atoms with Crippen LogP contribution in [0.15, 0.2) is 48.6 Å². The Morgan fingerprint density at radius 2 is 1.11 bits per heavy atom. The van der Waals surface area contributed by atoms with Crippen LogP contribution in [0.1, 0.15) is 136 Å². The molecule has 0 bridgehead atoms. The summed E-state index contributed by atoms with van der Waals surface area (Å²) in [6.07, 6.45) is 37.3. The predicted octanol–water partition coefficient (Wildman–Crippen LogP) is 9.66. The number of carboxylic acid groups (broad SMARTS) is 1. The summed E-state index contributed by atoms with van der Waals surface area (Å²) in [6.45, 7) is 4.00. The molecule has 0 amide bonds. The molecule has 1 unspecified atom stereocenters. The Hall–Kier alpha value is -2.10. The van der Waals surface area contributed by atoms with Gasteiger partial charge in [0.15, 0.2) is 0 Å². The molecule has 0 aromatic carbocycles. The average Bonchev–Trinajstić information content (AvgIpc) is 2.84. The highest BCUT2D eigenvalue weighted by Gasteiger charge is 2.10. The van der Waals surface area contributed by atoms with Gasteiger partial charge >= 0.3 is 11.9 Å². The van der Waals surface area contributed by atoms with Crippen molar-refractivity contribution >= 4 is 11.9 Å². The molecule has 1 N–H and O–H groups in total. The van der Waals surface area contributed by atoms with E-state index in [1.807, 2.05) is 6.92 Å². The average molecular weight is 503 g/mol. The van der Waals surface area contributed by atoms with Crippen molar-refractivity contribution in [3.63, 3.8) is 0 Å². The minimum absolute atomic E-state index is 0.133. The van der Waals surface area contributed by atoms with Crippen LogP contribution >= 0.6 is 0 Å². The number of ether oxygens (including phenoxy) is 1. The number of rotatable bonds is 25. The summed E-state index contributed by atoms with van der Waals surface area (Å²) in [7, 11) is 0. The lowest BCUT2D eigenvalue weighted by Crippen LogP contribution is -2.15. The van der Waals surface area contributed by atoms with Crippen molar-refractivity contribution in [1.29, 1.82) is 0 Å². The molecule has 36 heavy (non-hydrogen) atoms. The molecular weight excluding hydrogens is 448 g/mol. The Morgan fingerprint density at radius 1 is 0.639 bits per heavy atom. The van der Waals surface area contributed by atoms with Crippen molar-refractivity contribution in [1.82, 2.24) is 0 Å². The topological polar surface area (TPSA) is 63.6 Å². The Labute approximate surface area is 222 Å². The van der Waals surface area contributed by atoms with Gasteiger partial charge in [0, 0.05) is 12.8 Å². The quantitative estimate of drug-likeness (QED) is 0.0766. The summed E-state index contributed by atoms with van der Waals surface area (Å²) in [5, 5.41) is 8.64. The Bertz CT molecular complexity index is 630. The molecule has 0 heterocycles. The fraction of sp³-hybridized carbons (Fsp3) is 0.688. The maximum Gasteiger partial charge on any atom is 0.306 e. The number of carbonyl (C=O) groups excluding carboxylic acids is 1. The molecule has 0 spiro atoms. The van der Waals surface area contributed by atoms with Crippen LogP contribution in [0.25, 0.3) is 0 Å². The molecule has 206 valence electrons. The molecule has 4 heteroatoms. The lowest BCUT2D eigenvalue weighted by atomic mass is 10.0. The number of carbonyl (C=O) groups is 2. The zero-order chi connectivity index (χ0) is 26.5. The van der Waals surface area contributed by atoms with Gasteiger partial charge in [-0.25, -0.2) is 0 Å². The zero-order valence-electron chi connectivity index (χ0n) is 23.3. The third-order valence-electron chi connectivity index (χ3n) is 6.05. The standard InChI is InChI=1S/C32H54O4/c1-3-4-5-6-7-8-9-10-11-12-13-14-15-16-17-18-19-20-21-22-23-24-25-29-32(35)36-30(2)27-26-28-31(33)34/h4-5,7-8,10-11,13-14,30H,3,6,9,12,15-29H2,1-2H3,(H,33,34)/b5-4-,8-7-,11-10-,14-13-. The van der Waals surface area contributed by atoms with Gasteiger partial charge < -0.3 is 9.84 Å². The first-order chi connectivity index (χ1) is 17.6. The fourth-order valence-corrected chi connectivity index (χ4v) is 3.93. The molecule has 0 aliphatic carbocycles. The van der Waals surface area contributed by atoms with Crippen LogP contribution in [-0.2, 0) is 14.3 Å². The maximum absolute atomic E-state index is 11.8. The monoisotopic (exact) mass is 502 g/mol. The predicted molar refractivity (Wildman–Crippen MR) is 153 cm³/mol. The van der Waals surface area contributed by atoms with E-state index in [4.69, 9.17) is 9.84 Å². The summed E-state index contributed by atoms with van der Waals surface area (Å²) < 4.78 is 5.34. The highest BCUT2D eigenvalue weighted by atomic mass is 16.5. The van der Waals surface area contributed by atoms with Gasteiger partial charge in [0.1, 0.15) is 0 Å². The molecule has 0 aromatic rings. The Morgan fingerprint density at radius 3 is 1.64 bits per heavy atom. The second-order valence-corrected chi connectivity index (χ2v) is 9.66. The van der Waals surface area contributed by atoms with Crippen molar-refractivity contribution in [3.05, 3.63) is 48.6 Å². The van der Waals surface area contributed by atoms with E-state index in [1.54, 1.807) is 0 Å². The molecule has 0 aliphatic rings. The van der Waals surface area contributed by atoms with Crippen molar-refractivity contribution in [2.24, 2.45) is 0 Å². The summed E-state index contributed by atoms with van der Waals surface area (Å²) in [4.78, 5) is 22.3. The van der Waals surface area contributed by atoms with E-state index in [1.165, 1.54) is 57.8 Å². The van der Waals surface area contributed by atoms with Gasteiger partial charge in [-0.3, -0.25) is 9.59 Å². The van der Waals surface area contributed by atoms with E-state index in [2.05, 4.69) is 55.5 Å². The number of allylic oxidation sites excluding steroid dienone is 8. The minimum atomic E-state index is -0.800. The molecule has 1 atom stereocenters. The number of hydrogen-bond donors (Lipinski definition) is 1. The van der Waals surface area contributed by atoms with Gasteiger partial charge in [-0.05, 0) is 64.7 Å².